The van der Waals surface area contributed by atoms with Crippen molar-refractivity contribution in [3.8, 4) is 5.75 Å². The van der Waals surface area contributed by atoms with Crippen LogP contribution in [0.4, 0.5) is 0 Å². The lowest BCUT2D eigenvalue weighted by atomic mass is 10.2. The minimum absolute atomic E-state index is 0.232. The zero-order valence-corrected chi connectivity index (χ0v) is 12.9. The van der Waals surface area contributed by atoms with E-state index in [1.807, 2.05) is 13.8 Å². The molecule has 0 saturated carbocycles. The van der Waals surface area contributed by atoms with Crippen molar-refractivity contribution in [2.75, 3.05) is 20.1 Å². The third-order valence-corrected chi connectivity index (χ3v) is 2.79. The number of ether oxygens (including phenoxy) is 1. The smallest absolute Gasteiger partial charge is 0.119 e. The van der Waals surface area contributed by atoms with E-state index in [0.717, 1.165) is 25.4 Å². The normalized spacial score (nSPS) is 11.6. The number of hydrogen-bond acceptors (Lipinski definition) is 3. The van der Waals surface area contributed by atoms with E-state index in [0.29, 0.717) is 6.04 Å². The Morgan fingerprint density at radius 3 is 2.26 bits per heavy atom. The van der Waals surface area contributed by atoms with E-state index in [4.69, 9.17) is 4.74 Å². The van der Waals surface area contributed by atoms with Gasteiger partial charge < -0.3 is 15.0 Å². The van der Waals surface area contributed by atoms with E-state index in [1.165, 1.54) is 5.56 Å². The van der Waals surface area contributed by atoms with Gasteiger partial charge in [0.05, 0.1) is 6.10 Å². The largest absolute Gasteiger partial charge is 0.491 e. The third-order valence-electron chi connectivity index (χ3n) is 2.79. The second-order valence-corrected chi connectivity index (χ2v) is 5.66. The molecule has 1 aromatic carbocycles. The van der Waals surface area contributed by atoms with Gasteiger partial charge in [-0.1, -0.05) is 26.0 Å². The Balaban J connectivity index is 2.35. The van der Waals surface area contributed by atoms with Crippen molar-refractivity contribution in [3.63, 3.8) is 0 Å². The highest BCUT2D eigenvalue weighted by atomic mass is 16.5. The molecule has 108 valence electrons. The topological polar surface area (TPSA) is 24.5 Å². The number of benzene rings is 1. The minimum atomic E-state index is 0.232. The molecule has 0 aromatic heterocycles. The predicted octanol–water partition coefficient (Wildman–Crippen LogP) is 2.90. The van der Waals surface area contributed by atoms with Crippen LogP contribution in [-0.2, 0) is 6.54 Å². The van der Waals surface area contributed by atoms with Gasteiger partial charge in [-0.2, -0.15) is 0 Å². The summed E-state index contributed by atoms with van der Waals surface area (Å²) in [6, 6.07) is 8.94. The Labute approximate surface area is 118 Å². The van der Waals surface area contributed by atoms with Crippen molar-refractivity contribution in [3.05, 3.63) is 29.8 Å². The molecule has 1 aromatic rings. The highest BCUT2D eigenvalue weighted by Crippen LogP contribution is 2.14. The molecule has 0 heterocycles. The van der Waals surface area contributed by atoms with E-state index in [-0.39, 0.29) is 6.10 Å². The van der Waals surface area contributed by atoms with Gasteiger partial charge in [-0.05, 0) is 38.6 Å². The van der Waals surface area contributed by atoms with Crippen LogP contribution < -0.4 is 10.1 Å². The molecule has 0 aliphatic rings. The lowest BCUT2D eigenvalue weighted by Crippen LogP contribution is -2.32. The van der Waals surface area contributed by atoms with Gasteiger partial charge in [-0.15, -0.1) is 0 Å². The average molecular weight is 264 g/mol. The number of nitrogens with zero attached hydrogens (tertiary/aromatic N) is 1. The maximum absolute atomic E-state index is 5.64. The van der Waals surface area contributed by atoms with E-state index in [1.54, 1.807) is 0 Å². The first-order chi connectivity index (χ1) is 8.97. The molecule has 0 bridgehead atoms. The molecular weight excluding hydrogens is 236 g/mol. The summed E-state index contributed by atoms with van der Waals surface area (Å²) in [5.41, 5.74) is 1.32. The Morgan fingerprint density at radius 1 is 1.11 bits per heavy atom. The van der Waals surface area contributed by atoms with Crippen molar-refractivity contribution in [2.45, 2.75) is 46.4 Å². The summed E-state index contributed by atoms with van der Waals surface area (Å²) in [5, 5.41) is 3.43. The Hall–Kier alpha value is -1.06. The molecule has 3 nitrogen and oxygen atoms in total. The fourth-order valence-electron chi connectivity index (χ4n) is 1.88. The van der Waals surface area contributed by atoms with Crippen molar-refractivity contribution < 1.29 is 4.74 Å². The summed E-state index contributed by atoms with van der Waals surface area (Å²) in [4.78, 5) is 2.33. The lowest BCUT2D eigenvalue weighted by Gasteiger charge is -2.18. The highest BCUT2D eigenvalue weighted by molar-refractivity contribution is 5.27. The molecule has 0 amide bonds. The first-order valence-corrected chi connectivity index (χ1v) is 7.15. The molecule has 1 rings (SSSR count). The number of likely N-dealkylation sites (N-methyl/N-ethyl adjacent to an activating group) is 1. The van der Waals surface area contributed by atoms with Crippen LogP contribution in [0.5, 0.6) is 5.75 Å². The van der Waals surface area contributed by atoms with Crippen LogP contribution in [0.3, 0.4) is 0 Å². The van der Waals surface area contributed by atoms with E-state index < -0.39 is 0 Å². The van der Waals surface area contributed by atoms with E-state index in [9.17, 15) is 0 Å². The second kappa shape index (κ2) is 8.18. The highest BCUT2D eigenvalue weighted by Gasteiger charge is 2.02. The van der Waals surface area contributed by atoms with Crippen LogP contribution >= 0.6 is 0 Å². The summed E-state index contributed by atoms with van der Waals surface area (Å²) in [6.07, 6.45) is 0.232. The molecular formula is C16H28N2O. The van der Waals surface area contributed by atoms with E-state index in [2.05, 4.69) is 55.4 Å². The van der Waals surface area contributed by atoms with Gasteiger partial charge in [-0.3, -0.25) is 0 Å². The zero-order chi connectivity index (χ0) is 14.3. The molecule has 0 aliphatic heterocycles. The van der Waals surface area contributed by atoms with Crippen LogP contribution in [0.1, 0.15) is 33.3 Å². The van der Waals surface area contributed by atoms with Crippen molar-refractivity contribution in [2.24, 2.45) is 0 Å². The molecule has 0 atom stereocenters. The molecule has 1 N–H and O–H groups in total. The van der Waals surface area contributed by atoms with Gasteiger partial charge in [0.25, 0.3) is 0 Å². The maximum Gasteiger partial charge on any atom is 0.119 e. The van der Waals surface area contributed by atoms with Crippen LogP contribution in [0.2, 0.25) is 0 Å². The molecule has 0 radical (unpaired) electrons. The zero-order valence-electron chi connectivity index (χ0n) is 12.9. The van der Waals surface area contributed by atoms with Gasteiger partial charge in [0.15, 0.2) is 0 Å². The Kier molecular flexibility index (Phi) is 6.89. The van der Waals surface area contributed by atoms with Gasteiger partial charge in [-0.25, -0.2) is 0 Å². The monoisotopic (exact) mass is 264 g/mol. The average Bonchev–Trinajstić information content (AvgIpc) is 2.30. The lowest BCUT2D eigenvalue weighted by molar-refractivity contribution is 0.242. The summed E-state index contributed by atoms with van der Waals surface area (Å²) < 4.78 is 5.64. The van der Waals surface area contributed by atoms with Crippen LogP contribution in [-0.4, -0.2) is 37.2 Å². The fourth-order valence-corrected chi connectivity index (χ4v) is 1.88. The van der Waals surface area contributed by atoms with Crippen LogP contribution in [0, 0.1) is 0 Å². The quantitative estimate of drug-likeness (QED) is 0.781. The summed E-state index contributed by atoms with van der Waals surface area (Å²) >= 11 is 0. The van der Waals surface area contributed by atoms with Gasteiger partial charge in [0.1, 0.15) is 5.75 Å². The molecule has 0 fully saturated rings. The number of rotatable bonds is 8. The molecule has 0 saturated heterocycles. The van der Waals surface area contributed by atoms with Crippen LogP contribution in [0.15, 0.2) is 24.3 Å². The van der Waals surface area contributed by atoms with Gasteiger partial charge in [0.2, 0.25) is 0 Å². The summed E-state index contributed by atoms with van der Waals surface area (Å²) in [6.45, 7) is 11.5. The molecule has 3 heteroatoms. The number of hydrogen-bond donors (Lipinski definition) is 1. The molecule has 19 heavy (non-hydrogen) atoms. The Morgan fingerprint density at radius 2 is 1.74 bits per heavy atom. The minimum Gasteiger partial charge on any atom is -0.491 e. The standard InChI is InChI=1S/C16H28N2O/c1-13(2)17-10-11-18(5)12-15-6-8-16(9-7-15)19-14(3)4/h6-9,13-14,17H,10-12H2,1-5H3. The SMILES string of the molecule is CC(C)NCCN(C)Cc1ccc(OC(C)C)cc1. The van der Waals surface area contributed by atoms with Gasteiger partial charge >= 0.3 is 0 Å². The third kappa shape index (κ3) is 7.19. The summed E-state index contributed by atoms with van der Waals surface area (Å²) in [7, 11) is 2.15. The van der Waals surface area contributed by atoms with Crippen molar-refractivity contribution >= 4 is 0 Å². The Bertz CT molecular complexity index is 346. The second-order valence-electron chi connectivity index (χ2n) is 5.66. The van der Waals surface area contributed by atoms with E-state index >= 15 is 0 Å². The molecule has 0 unspecified atom stereocenters. The van der Waals surface area contributed by atoms with Crippen molar-refractivity contribution in [1.29, 1.82) is 0 Å². The maximum atomic E-state index is 5.64. The van der Waals surface area contributed by atoms with Crippen molar-refractivity contribution in [1.82, 2.24) is 10.2 Å². The van der Waals surface area contributed by atoms with Gasteiger partial charge in [0, 0.05) is 25.7 Å². The fraction of sp³-hybridized carbons (Fsp3) is 0.625. The van der Waals surface area contributed by atoms with Crippen LogP contribution in [0.25, 0.3) is 0 Å². The molecule has 0 aliphatic carbocycles. The molecule has 0 spiro atoms. The predicted molar refractivity (Wildman–Crippen MR) is 81.7 cm³/mol. The summed E-state index contributed by atoms with van der Waals surface area (Å²) in [5.74, 6) is 0.947. The number of nitrogens with one attached hydrogen (secondary N) is 1. The first kappa shape index (κ1) is 16.0. The first-order valence-electron chi connectivity index (χ1n) is 7.15.